The fourth-order valence-electron chi connectivity index (χ4n) is 4.52. The van der Waals surface area contributed by atoms with Crippen LogP contribution in [0.2, 0.25) is 5.02 Å². The van der Waals surface area contributed by atoms with Crippen molar-refractivity contribution in [2.24, 2.45) is 5.16 Å². The lowest BCUT2D eigenvalue weighted by atomic mass is 10.0. The molecule has 6 rings (SSSR count). The number of amides is 1. The van der Waals surface area contributed by atoms with Gasteiger partial charge in [-0.2, -0.15) is 0 Å². The zero-order chi connectivity index (χ0) is 22.7. The number of non-ortho nitro benzene ring substituents is 1. The van der Waals surface area contributed by atoms with E-state index in [2.05, 4.69) is 10.5 Å². The molecule has 10 heteroatoms. The van der Waals surface area contributed by atoms with Crippen molar-refractivity contribution in [3.05, 3.63) is 99.1 Å². The molecule has 1 spiro atoms. The molecule has 3 atom stereocenters. The summed E-state index contributed by atoms with van der Waals surface area (Å²) in [6.07, 6.45) is -0.499. The molecule has 3 aromatic carbocycles. The first-order valence-corrected chi connectivity index (χ1v) is 11.4. The Hall–Kier alpha value is -3.56. The molecular formula is C23H15ClN4O4S. The van der Waals surface area contributed by atoms with Gasteiger partial charge in [0, 0.05) is 34.1 Å². The minimum atomic E-state index is -1.07. The number of anilines is 2. The van der Waals surface area contributed by atoms with Crippen LogP contribution in [0.1, 0.15) is 17.2 Å². The Kier molecular flexibility index (Phi) is 4.40. The molecule has 0 aromatic heterocycles. The van der Waals surface area contributed by atoms with Gasteiger partial charge >= 0.3 is 0 Å². The lowest BCUT2D eigenvalue weighted by Gasteiger charge is -2.33. The third-order valence-corrected chi connectivity index (χ3v) is 7.89. The minimum Gasteiger partial charge on any atom is -0.384 e. The number of hydrogen-bond acceptors (Lipinski definition) is 7. The van der Waals surface area contributed by atoms with E-state index in [4.69, 9.17) is 16.4 Å². The summed E-state index contributed by atoms with van der Waals surface area (Å²) in [6.45, 7) is 0. The number of thioether (sulfide) groups is 1. The second-order valence-electron chi connectivity index (χ2n) is 7.82. The fourth-order valence-corrected chi connectivity index (χ4v) is 6.36. The van der Waals surface area contributed by atoms with Crippen LogP contribution in [-0.2, 0) is 14.5 Å². The molecule has 0 saturated carbocycles. The van der Waals surface area contributed by atoms with Crippen LogP contribution in [0, 0.1) is 10.1 Å². The molecule has 3 heterocycles. The number of fused-ring (bicyclic) bond motifs is 3. The van der Waals surface area contributed by atoms with Gasteiger partial charge in [-0.3, -0.25) is 19.8 Å². The SMILES string of the molecule is O=C1Nc2ccccc2C12SC1C(=NOC1c1ccc([N+](=O)[O-])cc1)N2c1ccc(Cl)cc1. The van der Waals surface area contributed by atoms with E-state index in [9.17, 15) is 14.9 Å². The lowest BCUT2D eigenvalue weighted by molar-refractivity contribution is -0.384. The molecule has 3 aliphatic heterocycles. The normalized spacial score (nSPS) is 24.8. The molecule has 1 N–H and O–H groups in total. The van der Waals surface area contributed by atoms with Crippen molar-refractivity contribution < 1.29 is 14.6 Å². The molecule has 33 heavy (non-hydrogen) atoms. The van der Waals surface area contributed by atoms with Crippen LogP contribution in [0.3, 0.4) is 0 Å². The van der Waals surface area contributed by atoms with Gasteiger partial charge in [0.25, 0.3) is 11.6 Å². The second-order valence-corrected chi connectivity index (χ2v) is 9.59. The smallest absolute Gasteiger partial charge is 0.269 e. The lowest BCUT2D eigenvalue weighted by Crippen LogP contribution is -2.47. The Morgan fingerprint density at radius 1 is 1.09 bits per heavy atom. The van der Waals surface area contributed by atoms with Crippen LogP contribution >= 0.6 is 23.4 Å². The predicted molar refractivity (Wildman–Crippen MR) is 126 cm³/mol. The summed E-state index contributed by atoms with van der Waals surface area (Å²) in [5, 5.41) is 18.7. The molecule has 3 aromatic rings. The number of hydrogen-bond donors (Lipinski definition) is 1. The molecule has 164 valence electrons. The van der Waals surface area contributed by atoms with Gasteiger partial charge in [0.05, 0.1) is 4.92 Å². The van der Waals surface area contributed by atoms with Crippen molar-refractivity contribution in [1.29, 1.82) is 0 Å². The fraction of sp³-hybridized carbons (Fsp3) is 0.130. The standard InChI is InChI=1S/C23H15ClN4O4S/c24-14-7-11-15(12-8-14)27-21-20(19(32-26-21)13-5-9-16(10-6-13)28(30)31)33-23(27)17-3-1-2-4-18(17)25-22(23)29/h1-12,19-20H,(H,25,29). The van der Waals surface area contributed by atoms with Crippen molar-refractivity contribution in [2.75, 3.05) is 10.2 Å². The average molecular weight is 479 g/mol. The summed E-state index contributed by atoms with van der Waals surface area (Å²) in [7, 11) is 0. The van der Waals surface area contributed by atoms with E-state index in [-0.39, 0.29) is 16.8 Å². The molecule has 1 fully saturated rings. The number of benzene rings is 3. The van der Waals surface area contributed by atoms with Gasteiger partial charge in [-0.15, -0.1) is 11.8 Å². The summed E-state index contributed by atoms with van der Waals surface area (Å²) < 4.78 is 0. The number of carbonyl (C=O) groups excluding carboxylic acids is 1. The maximum absolute atomic E-state index is 13.5. The highest BCUT2D eigenvalue weighted by atomic mass is 35.5. The molecule has 1 saturated heterocycles. The minimum absolute atomic E-state index is 0.000299. The number of rotatable bonds is 3. The molecule has 1 amide bonds. The van der Waals surface area contributed by atoms with E-state index >= 15 is 0 Å². The van der Waals surface area contributed by atoms with E-state index in [1.165, 1.54) is 23.9 Å². The van der Waals surface area contributed by atoms with Gasteiger partial charge in [-0.1, -0.05) is 35.0 Å². The van der Waals surface area contributed by atoms with Gasteiger partial charge in [0.2, 0.25) is 4.87 Å². The monoisotopic (exact) mass is 478 g/mol. The Morgan fingerprint density at radius 3 is 2.55 bits per heavy atom. The highest BCUT2D eigenvalue weighted by Crippen LogP contribution is 2.60. The number of carbonyl (C=O) groups is 1. The number of nitro groups is 1. The third kappa shape index (κ3) is 2.86. The molecule has 0 aliphatic carbocycles. The quantitative estimate of drug-likeness (QED) is 0.417. The van der Waals surface area contributed by atoms with Gasteiger partial charge in [-0.05, 0) is 48.0 Å². The number of nitro benzene ring substituents is 1. The number of amidine groups is 1. The van der Waals surface area contributed by atoms with E-state index in [0.717, 1.165) is 22.5 Å². The number of nitrogens with zero attached hydrogens (tertiary/aromatic N) is 3. The average Bonchev–Trinajstić information content (AvgIpc) is 3.46. The summed E-state index contributed by atoms with van der Waals surface area (Å²) in [5.74, 6) is 0.445. The highest BCUT2D eigenvalue weighted by Gasteiger charge is 2.64. The Balaban J connectivity index is 1.48. The zero-order valence-corrected chi connectivity index (χ0v) is 18.4. The van der Waals surface area contributed by atoms with Crippen molar-refractivity contribution >= 4 is 52.2 Å². The molecule has 3 aliphatic rings. The summed E-state index contributed by atoms with van der Waals surface area (Å²) in [4.78, 5) is 30.8. The summed E-state index contributed by atoms with van der Waals surface area (Å²) >= 11 is 7.58. The van der Waals surface area contributed by atoms with E-state index < -0.39 is 15.9 Å². The van der Waals surface area contributed by atoms with Gasteiger partial charge in [0.15, 0.2) is 11.9 Å². The van der Waals surface area contributed by atoms with Crippen LogP contribution in [0.4, 0.5) is 17.1 Å². The van der Waals surface area contributed by atoms with Crippen LogP contribution in [-0.4, -0.2) is 21.9 Å². The second kappa shape index (κ2) is 7.23. The van der Waals surface area contributed by atoms with E-state index in [1.807, 2.05) is 41.3 Å². The highest BCUT2D eigenvalue weighted by molar-refractivity contribution is 8.03. The van der Waals surface area contributed by atoms with Crippen molar-refractivity contribution in [3.8, 4) is 0 Å². The molecule has 0 radical (unpaired) electrons. The van der Waals surface area contributed by atoms with Crippen molar-refractivity contribution in [1.82, 2.24) is 0 Å². The topological polar surface area (TPSA) is 97.1 Å². The molecular weight excluding hydrogens is 464 g/mol. The first kappa shape index (κ1) is 20.1. The van der Waals surface area contributed by atoms with Crippen LogP contribution in [0.15, 0.2) is 78.0 Å². The number of nitrogens with one attached hydrogen (secondary N) is 1. The molecule has 8 nitrogen and oxygen atoms in total. The van der Waals surface area contributed by atoms with Gasteiger partial charge in [0.1, 0.15) is 5.25 Å². The van der Waals surface area contributed by atoms with E-state index in [0.29, 0.717) is 10.9 Å². The van der Waals surface area contributed by atoms with E-state index in [1.54, 1.807) is 24.3 Å². The summed E-state index contributed by atoms with van der Waals surface area (Å²) in [6, 6.07) is 21.1. The number of halogens is 1. The molecule has 3 unspecified atom stereocenters. The number of oxime groups is 1. The largest absolute Gasteiger partial charge is 0.384 e. The van der Waals surface area contributed by atoms with Crippen molar-refractivity contribution in [2.45, 2.75) is 16.2 Å². The van der Waals surface area contributed by atoms with Gasteiger partial charge in [-0.25, -0.2) is 0 Å². The maximum atomic E-state index is 13.5. The predicted octanol–water partition coefficient (Wildman–Crippen LogP) is 5.06. The Bertz CT molecular complexity index is 1330. The van der Waals surface area contributed by atoms with Crippen LogP contribution in [0.5, 0.6) is 0 Å². The first-order valence-electron chi connectivity index (χ1n) is 10.1. The Labute approximate surface area is 197 Å². The zero-order valence-electron chi connectivity index (χ0n) is 16.8. The Morgan fingerprint density at radius 2 is 1.82 bits per heavy atom. The number of para-hydroxylation sites is 1. The third-order valence-electron chi connectivity index (χ3n) is 6.00. The van der Waals surface area contributed by atoms with Gasteiger partial charge < -0.3 is 10.2 Å². The molecule has 0 bridgehead atoms. The van der Waals surface area contributed by atoms with Crippen LogP contribution < -0.4 is 10.2 Å². The van der Waals surface area contributed by atoms with Crippen molar-refractivity contribution in [3.63, 3.8) is 0 Å². The first-order chi connectivity index (χ1) is 16.0. The van der Waals surface area contributed by atoms with Crippen LogP contribution in [0.25, 0.3) is 0 Å². The summed E-state index contributed by atoms with van der Waals surface area (Å²) in [5.41, 5.74) is 3.10. The maximum Gasteiger partial charge on any atom is 0.269 e.